The minimum atomic E-state index is -4.09. The zero-order chi connectivity index (χ0) is 31.8. The van der Waals surface area contributed by atoms with Gasteiger partial charge in [-0.3, -0.25) is 9.59 Å². The van der Waals surface area contributed by atoms with E-state index >= 15 is 0 Å². The maximum absolute atomic E-state index is 14.5. The second kappa shape index (κ2) is 15.6. The molecule has 0 unspecified atom stereocenters. The third kappa shape index (κ3) is 9.58. The molecule has 42 heavy (non-hydrogen) atoms. The number of hydrogen-bond acceptors (Lipinski definition) is 7. The molecule has 0 aliphatic rings. The van der Waals surface area contributed by atoms with Crippen molar-refractivity contribution in [3.05, 3.63) is 58.1 Å². The van der Waals surface area contributed by atoms with Crippen molar-refractivity contribution < 1.29 is 33.3 Å². The van der Waals surface area contributed by atoms with Crippen molar-refractivity contribution >= 4 is 19.6 Å². The van der Waals surface area contributed by atoms with Crippen molar-refractivity contribution in [1.82, 2.24) is 10.2 Å². The highest BCUT2D eigenvalue weighted by atomic mass is 31.2. The lowest BCUT2D eigenvalue weighted by Gasteiger charge is -2.31. The summed E-state index contributed by atoms with van der Waals surface area (Å²) in [6.45, 7) is 19.0. The summed E-state index contributed by atoms with van der Waals surface area (Å²) in [5.74, 6) is -0.897. The van der Waals surface area contributed by atoms with Gasteiger partial charge >= 0.3 is 19.6 Å². The highest BCUT2D eigenvalue weighted by Gasteiger charge is 2.39. The van der Waals surface area contributed by atoms with Gasteiger partial charge in [0.1, 0.15) is 23.6 Å². The Morgan fingerprint density at radius 1 is 0.833 bits per heavy atom. The zero-order valence-electron chi connectivity index (χ0n) is 26.7. The van der Waals surface area contributed by atoms with Gasteiger partial charge in [0.05, 0.1) is 13.2 Å². The molecule has 0 radical (unpaired) electrons. The molecule has 0 heterocycles. The highest BCUT2D eigenvalue weighted by molar-refractivity contribution is 7.55. The molecule has 0 bridgehead atoms. The number of ether oxygens (including phenoxy) is 2. The first-order valence-corrected chi connectivity index (χ1v) is 16.3. The Morgan fingerprint density at radius 2 is 1.31 bits per heavy atom. The molecule has 2 aromatic carbocycles. The fourth-order valence-corrected chi connectivity index (χ4v) is 6.80. The van der Waals surface area contributed by atoms with Gasteiger partial charge in [-0.15, -0.1) is 0 Å². The van der Waals surface area contributed by atoms with Crippen LogP contribution in [-0.2, 0) is 30.0 Å². The Labute approximate surface area is 251 Å². The molecule has 234 valence electrons. The van der Waals surface area contributed by atoms with E-state index in [1.54, 1.807) is 59.7 Å². The van der Waals surface area contributed by atoms with Crippen LogP contribution < -0.4 is 14.7 Å². The zero-order valence-corrected chi connectivity index (χ0v) is 27.6. The van der Waals surface area contributed by atoms with Crippen molar-refractivity contribution in [2.45, 2.75) is 93.7 Å². The second-order valence-electron chi connectivity index (χ2n) is 11.6. The van der Waals surface area contributed by atoms with Crippen molar-refractivity contribution in [1.29, 1.82) is 0 Å². The normalized spacial score (nSPS) is 13.4. The number of phenols is 1. The Balaban J connectivity index is 2.49. The standard InChI is InChI=1S/C32H49N2O7P/c1-11-39-31(36)29(20(5)6)33-42(38,34-30(21(7)8)32(37)40-12-2)41-25-15-22(9)27(23(10)16-25)18-24-13-14-28(35)26(17-24)19(3)4/h13-17,19-21,29-30,35H,11-12,18H2,1-10H3,(H2,33,34,38)/t29-,30-/m0/s1. The van der Waals surface area contributed by atoms with Crippen LogP contribution in [0.2, 0.25) is 0 Å². The van der Waals surface area contributed by atoms with Crippen LogP contribution in [0.3, 0.4) is 0 Å². The van der Waals surface area contributed by atoms with Crippen LogP contribution in [0.15, 0.2) is 30.3 Å². The van der Waals surface area contributed by atoms with Crippen LogP contribution in [0.5, 0.6) is 11.5 Å². The third-order valence-corrected chi connectivity index (χ3v) is 8.73. The van der Waals surface area contributed by atoms with E-state index in [1.165, 1.54) is 0 Å². The number of esters is 2. The van der Waals surface area contributed by atoms with Gasteiger partial charge in [-0.25, -0.2) is 14.7 Å². The Bertz CT molecular complexity index is 1220. The average molecular weight is 605 g/mol. The van der Waals surface area contributed by atoms with E-state index in [-0.39, 0.29) is 36.7 Å². The molecule has 10 heteroatoms. The molecular weight excluding hydrogens is 555 g/mol. The fraction of sp³-hybridized carbons (Fsp3) is 0.562. The second-order valence-corrected chi connectivity index (χ2v) is 13.4. The molecule has 0 fully saturated rings. The van der Waals surface area contributed by atoms with Gasteiger partial charge in [-0.1, -0.05) is 53.7 Å². The lowest BCUT2D eigenvalue weighted by molar-refractivity contribution is -0.146. The third-order valence-electron chi connectivity index (χ3n) is 7.03. The molecule has 3 N–H and O–H groups in total. The number of aromatic hydroxyl groups is 1. The molecule has 9 nitrogen and oxygen atoms in total. The average Bonchev–Trinajstić information content (AvgIpc) is 2.88. The van der Waals surface area contributed by atoms with Crippen LogP contribution >= 0.6 is 7.67 Å². The summed E-state index contributed by atoms with van der Waals surface area (Å²) < 4.78 is 31.1. The highest BCUT2D eigenvalue weighted by Crippen LogP contribution is 2.43. The van der Waals surface area contributed by atoms with Gasteiger partial charge in [-0.05, 0) is 97.9 Å². The van der Waals surface area contributed by atoms with Crippen LogP contribution in [0, 0.1) is 25.7 Å². The molecule has 0 aliphatic heterocycles. The van der Waals surface area contributed by atoms with Crippen LogP contribution in [-0.4, -0.2) is 42.3 Å². The number of hydrogen-bond donors (Lipinski definition) is 3. The van der Waals surface area contributed by atoms with E-state index in [1.807, 2.05) is 39.8 Å². The summed E-state index contributed by atoms with van der Waals surface area (Å²) in [7, 11) is -4.09. The number of benzene rings is 2. The molecule has 2 rings (SSSR count). The van der Waals surface area contributed by atoms with E-state index in [2.05, 4.69) is 10.2 Å². The molecule has 2 atom stereocenters. The summed E-state index contributed by atoms with van der Waals surface area (Å²) in [4.78, 5) is 25.6. The van der Waals surface area contributed by atoms with Gasteiger partial charge in [-0.2, -0.15) is 0 Å². The molecular formula is C32H49N2O7P. The van der Waals surface area contributed by atoms with Gasteiger partial charge in [0, 0.05) is 0 Å². The quantitative estimate of drug-likeness (QED) is 0.153. The van der Waals surface area contributed by atoms with Crippen LogP contribution in [0.25, 0.3) is 0 Å². The summed E-state index contributed by atoms with van der Waals surface area (Å²) in [6, 6.07) is 7.35. The lowest BCUT2D eigenvalue weighted by Crippen LogP contribution is -2.48. The molecule has 2 aromatic rings. The largest absolute Gasteiger partial charge is 0.508 e. The Kier molecular flexibility index (Phi) is 13.1. The number of nitrogens with one attached hydrogen (secondary N) is 2. The monoisotopic (exact) mass is 604 g/mol. The van der Waals surface area contributed by atoms with Crippen LogP contribution in [0.4, 0.5) is 0 Å². The number of phenolic OH excluding ortho intramolecular Hbond substituents is 1. The lowest BCUT2D eigenvalue weighted by atomic mass is 9.93. The van der Waals surface area contributed by atoms with Crippen LogP contribution in [0.1, 0.15) is 89.1 Å². The van der Waals surface area contributed by atoms with Gasteiger partial charge < -0.3 is 19.1 Å². The maximum Gasteiger partial charge on any atom is 0.391 e. The fourth-order valence-electron chi connectivity index (χ4n) is 4.68. The number of carbonyl (C=O) groups is 2. The Morgan fingerprint density at radius 3 is 1.71 bits per heavy atom. The molecule has 0 aliphatic carbocycles. The smallest absolute Gasteiger partial charge is 0.391 e. The van der Waals surface area contributed by atoms with Crippen molar-refractivity contribution in [3.63, 3.8) is 0 Å². The number of aryl methyl sites for hydroxylation is 2. The van der Waals surface area contributed by atoms with E-state index in [0.29, 0.717) is 12.2 Å². The van der Waals surface area contributed by atoms with Crippen molar-refractivity contribution in [3.8, 4) is 11.5 Å². The maximum atomic E-state index is 14.5. The summed E-state index contributed by atoms with van der Waals surface area (Å²) in [5.41, 5.74) is 4.88. The summed E-state index contributed by atoms with van der Waals surface area (Å²) >= 11 is 0. The minimum Gasteiger partial charge on any atom is -0.508 e. The first-order chi connectivity index (χ1) is 19.6. The predicted octanol–water partition coefficient (Wildman–Crippen LogP) is 6.56. The van der Waals surface area contributed by atoms with Gasteiger partial charge in [0.25, 0.3) is 0 Å². The van der Waals surface area contributed by atoms with Crippen molar-refractivity contribution in [2.75, 3.05) is 13.2 Å². The van der Waals surface area contributed by atoms with E-state index in [9.17, 15) is 19.3 Å². The molecule has 0 saturated heterocycles. The molecule has 0 saturated carbocycles. The summed E-state index contributed by atoms with van der Waals surface area (Å²) in [5, 5.41) is 16.0. The summed E-state index contributed by atoms with van der Waals surface area (Å²) in [6.07, 6.45) is 0.642. The van der Waals surface area contributed by atoms with E-state index in [0.717, 1.165) is 27.8 Å². The Hall–Kier alpha value is -2.87. The predicted molar refractivity (Wildman–Crippen MR) is 166 cm³/mol. The first-order valence-electron chi connectivity index (χ1n) is 14.7. The minimum absolute atomic E-state index is 0.166. The SMILES string of the molecule is CCOC(=O)[C@@H](NP(=O)(N[C@H](C(=O)OCC)C(C)C)Oc1cc(C)c(Cc2ccc(O)c(C(C)C)c2)c(C)c1)C(C)C. The molecule has 0 aromatic heterocycles. The topological polar surface area (TPSA) is 123 Å². The van der Waals surface area contributed by atoms with E-state index in [4.69, 9.17) is 14.0 Å². The number of carbonyl (C=O) groups excluding carboxylic acids is 2. The van der Waals surface area contributed by atoms with Gasteiger partial charge in [0.2, 0.25) is 0 Å². The first kappa shape index (κ1) is 35.3. The van der Waals surface area contributed by atoms with E-state index < -0.39 is 31.7 Å². The molecule has 0 amide bonds. The number of rotatable bonds is 15. The van der Waals surface area contributed by atoms with Crippen molar-refractivity contribution in [2.24, 2.45) is 11.8 Å². The molecule has 0 spiro atoms. The van der Waals surface area contributed by atoms with Gasteiger partial charge in [0.15, 0.2) is 0 Å².